The van der Waals surface area contributed by atoms with E-state index in [4.69, 9.17) is 0 Å². The Morgan fingerprint density at radius 3 is 2.65 bits per heavy atom. The fraction of sp³-hybridized carbons (Fsp3) is 0.167. The second-order valence-electron chi connectivity index (χ2n) is 3.80. The molecular formula is C12H11BrN4O2S. The molecule has 0 saturated carbocycles. The fourth-order valence-corrected chi connectivity index (χ4v) is 2.13. The second-order valence-corrected chi connectivity index (χ2v) is 5.55. The molecular weight excluding hydrogens is 344 g/mol. The highest BCUT2D eigenvalue weighted by Crippen LogP contribution is 2.10. The van der Waals surface area contributed by atoms with Gasteiger partial charge in [0.25, 0.3) is 5.91 Å². The number of nitrogens with one attached hydrogen (secondary N) is 2. The number of benzene rings is 1. The third kappa shape index (κ3) is 4.39. The molecule has 0 radical (unpaired) electrons. The minimum atomic E-state index is -0.210. The normalized spacial score (nSPS) is 10.1. The van der Waals surface area contributed by atoms with Crippen LogP contribution in [0.5, 0.6) is 0 Å². The van der Waals surface area contributed by atoms with E-state index in [0.717, 1.165) is 4.47 Å². The van der Waals surface area contributed by atoms with Gasteiger partial charge in [-0.3, -0.25) is 9.59 Å². The molecule has 0 atom stereocenters. The summed E-state index contributed by atoms with van der Waals surface area (Å²) in [5.74, 6) is -0.418. The zero-order valence-corrected chi connectivity index (χ0v) is 12.7. The van der Waals surface area contributed by atoms with E-state index in [0.29, 0.717) is 10.7 Å². The zero-order chi connectivity index (χ0) is 14.4. The smallest absolute Gasteiger partial charge is 0.251 e. The zero-order valence-electron chi connectivity index (χ0n) is 10.3. The van der Waals surface area contributed by atoms with E-state index in [-0.39, 0.29) is 24.8 Å². The van der Waals surface area contributed by atoms with Gasteiger partial charge < -0.3 is 10.6 Å². The number of anilines is 1. The van der Waals surface area contributed by atoms with Gasteiger partial charge in [-0.15, -0.1) is 10.2 Å². The number of carbonyl (C=O) groups excluding carboxylic acids is 2. The Balaban J connectivity index is 1.74. The maximum Gasteiger partial charge on any atom is 0.251 e. The van der Waals surface area contributed by atoms with E-state index in [1.54, 1.807) is 24.3 Å². The maximum atomic E-state index is 11.8. The minimum Gasteiger partial charge on any atom is -0.352 e. The van der Waals surface area contributed by atoms with Crippen molar-refractivity contribution in [1.82, 2.24) is 15.5 Å². The molecule has 1 aromatic carbocycles. The van der Waals surface area contributed by atoms with Crippen molar-refractivity contribution in [3.8, 4) is 0 Å². The van der Waals surface area contributed by atoms with Crippen molar-refractivity contribution in [1.29, 1.82) is 0 Å². The summed E-state index contributed by atoms with van der Waals surface area (Å²) in [6.07, 6.45) is 0.182. The predicted octanol–water partition coefficient (Wildman–Crippen LogP) is 2.06. The molecule has 0 bridgehead atoms. The van der Waals surface area contributed by atoms with Gasteiger partial charge in [-0.1, -0.05) is 27.3 Å². The summed E-state index contributed by atoms with van der Waals surface area (Å²) in [6, 6.07) is 7.00. The first-order valence-corrected chi connectivity index (χ1v) is 7.42. The average molecular weight is 355 g/mol. The van der Waals surface area contributed by atoms with Gasteiger partial charge in [0.15, 0.2) is 0 Å². The molecule has 8 heteroatoms. The molecule has 0 aliphatic heterocycles. The lowest BCUT2D eigenvalue weighted by atomic mass is 10.2. The molecule has 2 aromatic rings. The number of rotatable bonds is 5. The summed E-state index contributed by atoms with van der Waals surface area (Å²) in [5, 5.41) is 13.0. The van der Waals surface area contributed by atoms with Crippen LogP contribution in [0.4, 0.5) is 5.13 Å². The largest absolute Gasteiger partial charge is 0.352 e. The van der Waals surface area contributed by atoms with Gasteiger partial charge in [-0.2, -0.15) is 0 Å². The van der Waals surface area contributed by atoms with Crippen LogP contribution in [0, 0.1) is 0 Å². The Kier molecular flexibility index (Phi) is 5.19. The molecule has 6 nitrogen and oxygen atoms in total. The number of carbonyl (C=O) groups is 2. The van der Waals surface area contributed by atoms with Crippen LogP contribution in [-0.2, 0) is 4.79 Å². The predicted molar refractivity (Wildman–Crippen MR) is 79.6 cm³/mol. The second kappa shape index (κ2) is 7.11. The van der Waals surface area contributed by atoms with E-state index < -0.39 is 0 Å². The van der Waals surface area contributed by atoms with Gasteiger partial charge in [-0.05, 0) is 24.3 Å². The van der Waals surface area contributed by atoms with Crippen LogP contribution < -0.4 is 10.6 Å². The van der Waals surface area contributed by atoms with Crippen molar-refractivity contribution in [2.24, 2.45) is 0 Å². The van der Waals surface area contributed by atoms with Gasteiger partial charge in [0.05, 0.1) is 0 Å². The highest BCUT2D eigenvalue weighted by Gasteiger charge is 2.07. The number of halogens is 1. The van der Waals surface area contributed by atoms with Crippen molar-refractivity contribution in [3.63, 3.8) is 0 Å². The summed E-state index contributed by atoms with van der Waals surface area (Å²) < 4.78 is 0.908. The Morgan fingerprint density at radius 2 is 2.00 bits per heavy atom. The molecule has 1 aromatic heterocycles. The number of hydrogen-bond donors (Lipinski definition) is 2. The third-order valence-corrected chi connectivity index (χ3v) is 3.49. The van der Waals surface area contributed by atoms with E-state index in [1.807, 2.05) is 0 Å². The number of amides is 2. The molecule has 1 heterocycles. The third-order valence-electron chi connectivity index (χ3n) is 2.35. The van der Waals surface area contributed by atoms with E-state index in [9.17, 15) is 9.59 Å². The van der Waals surface area contributed by atoms with Gasteiger partial charge in [-0.25, -0.2) is 0 Å². The number of hydrogen-bond acceptors (Lipinski definition) is 5. The molecule has 0 unspecified atom stereocenters. The highest BCUT2D eigenvalue weighted by atomic mass is 79.9. The van der Waals surface area contributed by atoms with Gasteiger partial charge in [0, 0.05) is 23.0 Å². The van der Waals surface area contributed by atoms with Crippen LogP contribution in [0.2, 0.25) is 0 Å². The summed E-state index contributed by atoms with van der Waals surface area (Å²) in [5.41, 5.74) is 2.09. The lowest BCUT2D eigenvalue weighted by Crippen LogP contribution is -2.27. The lowest BCUT2D eigenvalue weighted by molar-refractivity contribution is -0.116. The SMILES string of the molecule is O=C(CCNC(=O)c1ccc(Br)cc1)Nc1nncs1. The fourth-order valence-electron chi connectivity index (χ4n) is 1.40. The van der Waals surface area contributed by atoms with Crippen LogP contribution in [0.3, 0.4) is 0 Å². The molecule has 0 aliphatic rings. The Labute approximate surface area is 127 Å². The topological polar surface area (TPSA) is 84.0 Å². The van der Waals surface area contributed by atoms with E-state index >= 15 is 0 Å². The summed E-state index contributed by atoms with van der Waals surface area (Å²) >= 11 is 4.54. The monoisotopic (exact) mass is 354 g/mol. The van der Waals surface area contributed by atoms with Gasteiger partial charge in [0.2, 0.25) is 11.0 Å². The van der Waals surface area contributed by atoms with Crippen molar-refractivity contribution in [2.75, 3.05) is 11.9 Å². The molecule has 104 valence electrons. The number of aromatic nitrogens is 2. The molecule has 0 spiro atoms. The van der Waals surface area contributed by atoms with Crippen molar-refractivity contribution in [2.45, 2.75) is 6.42 Å². The summed E-state index contributed by atoms with van der Waals surface area (Å²) in [6.45, 7) is 0.263. The van der Waals surface area contributed by atoms with Gasteiger partial charge in [0.1, 0.15) is 5.51 Å². The average Bonchev–Trinajstić information content (AvgIpc) is 2.92. The van der Waals surface area contributed by atoms with Crippen LogP contribution >= 0.6 is 27.3 Å². The minimum absolute atomic E-state index is 0.182. The molecule has 2 N–H and O–H groups in total. The molecule has 0 saturated heterocycles. The van der Waals surface area contributed by atoms with Crippen LogP contribution in [-0.4, -0.2) is 28.6 Å². The first-order valence-electron chi connectivity index (χ1n) is 5.75. The first kappa shape index (κ1) is 14.6. The van der Waals surface area contributed by atoms with Crippen LogP contribution in [0.15, 0.2) is 34.2 Å². The van der Waals surface area contributed by atoms with Crippen molar-refractivity contribution < 1.29 is 9.59 Å². The Bertz CT molecular complexity index is 586. The molecule has 0 aliphatic carbocycles. The first-order chi connectivity index (χ1) is 9.65. The summed E-state index contributed by atoms with van der Waals surface area (Å²) in [4.78, 5) is 23.3. The van der Waals surface area contributed by atoms with Crippen molar-refractivity contribution in [3.05, 3.63) is 39.8 Å². The van der Waals surface area contributed by atoms with E-state index in [1.165, 1.54) is 16.8 Å². The quantitative estimate of drug-likeness (QED) is 0.860. The molecule has 2 rings (SSSR count). The summed E-state index contributed by atoms with van der Waals surface area (Å²) in [7, 11) is 0. The van der Waals surface area contributed by atoms with E-state index in [2.05, 4.69) is 36.8 Å². The highest BCUT2D eigenvalue weighted by molar-refractivity contribution is 9.10. The maximum absolute atomic E-state index is 11.8. The Hall–Kier alpha value is -1.80. The van der Waals surface area contributed by atoms with Crippen LogP contribution in [0.1, 0.15) is 16.8 Å². The molecule has 0 fully saturated rings. The lowest BCUT2D eigenvalue weighted by Gasteiger charge is -2.05. The van der Waals surface area contributed by atoms with Gasteiger partial charge >= 0.3 is 0 Å². The molecule has 2 amide bonds. The Morgan fingerprint density at radius 1 is 1.25 bits per heavy atom. The van der Waals surface area contributed by atoms with Crippen LogP contribution in [0.25, 0.3) is 0 Å². The molecule has 20 heavy (non-hydrogen) atoms. The standard InChI is InChI=1S/C12H11BrN4O2S/c13-9-3-1-8(2-4-9)11(19)14-6-5-10(18)16-12-17-15-7-20-12/h1-4,7H,5-6H2,(H,14,19)(H,16,17,18). The number of nitrogens with zero attached hydrogens (tertiary/aromatic N) is 2. The van der Waals surface area contributed by atoms with Crippen molar-refractivity contribution >= 4 is 44.2 Å².